The van der Waals surface area contributed by atoms with Crippen molar-refractivity contribution in [2.75, 3.05) is 6.61 Å². The van der Waals surface area contributed by atoms with Gasteiger partial charge in [0.15, 0.2) is 5.78 Å². The van der Waals surface area contributed by atoms with Gasteiger partial charge in [-0.25, -0.2) is 4.57 Å². The Morgan fingerprint density at radius 2 is 2.14 bits per heavy atom. The maximum atomic E-state index is 10.6. The summed E-state index contributed by atoms with van der Waals surface area (Å²) in [4.78, 5) is 27.1. The average Bonchev–Trinajstić information content (AvgIpc) is 2.00. The summed E-state index contributed by atoms with van der Waals surface area (Å²) in [5, 5.41) is 8.96. The largest absolute Gasteiger partial charge is 1.00 e. The number of carbonyl (C=O) groups excluding carboxylic acids is 1. The second-order valence-electron chi connectivity index (χ2n) is 2.23. The van der Waals surface area contributed by atoms with Crippen LogP contribution in [0.2, 0.25) is 0 Å². The van der Waals surface area contributed by atoms with Crippen molar-refractivity contribution in [3.05, 3.63) is 12.7 Å². The zero-order valence-corrected chi connectivity index (χ0v) is 11.8. The predicted octanol–water partition coefficient (Wildman–Crippen LogP) is -3.28. The van der Waals surface area contributed by atoms with Crippen LogP contribution in [-0.4, -0.2) is 33.4 Å². The number of aliphatic hydroxyl groups excluding tert-OH is 1. The molecule has 0 aromatic heterocycles. The maximum absolute atomic E-state index is 10.6. The number of carbonyl (C=O) groups is 1. The first-order valence-corrected chi connectivity index (χ1v) is 4.94. The molecule has 0 aliphatic rings. The first-order valence-electron chi connectivity index (χ1n) is 3.41. The van der Waals surface area contributed by atoms with Crippen LogP contribution in [0.3, 0.4) is 0 Å². The molecule has 78 valence electrons. The van der Waals surface area contributed by atoms with Crippen LogP contribution in [0.4, 0.5) is 0 Å². The zero-order chi connectivity index (χ0) is 10.5. The van der Waals surface area contributed by atoms with Crippen LogP contribution in [0, 0.1) is 0 Å². The molecule has 0 saturated carbocycles. The number of phosphoric acid groups is 1. The number of aliphatic hydroxyl groups is 1. The number of phosphoric ester groups is 1. The van der Waals surface area contributed by atoms with Gasteiger partial charge in [-0.1, -0.05) is 6.58 Å². The number of ketones is 1. The quantitative estimate of drug-likeness (QED) is 0.259. The number of rotatable bonds is 6. The third-order valence-electron chi connectivity index (χ3n) is 1.18. The second-order valence-corrected chi connectivity index (χ2v) is 3.47. The fourth-order valence-corrected chi connectivity index (χ4v) is 0.905. The van der Waals surface area contributed by atoms with Crippen molar-refractivity contribution in [2.45, 2.75) is 12.5 Å². The standard InChI is InChI=1S/C6H11O6P.K.H/c1-2-5(7)6(8)3-4-12-13(9,10)11;;/h2,6,8H,1,3-4H2,(H2,9,10,11);;/q;+1;-1. The molecule has 6 nitrogen and oxygen atoms in total. The van der Waals surface area contributed by atoms with Crippen LogP contribution < -0.4 is 51.4 Å². The van der Waals surface area contributed by atoms with E-state index in [1.54, 1.807) is 0 Å². The monoisotopic (exact) mass is 250 g/mol. The van der Waals surface area contributed by atoms with Crippen molar-refractivity contribution in [1.29, 1.82) is 0 Å². The van der Waals surface area contributed by atoms with Gasteiger partial charge in [-0.15, -0.1) is 0 Å². The van der Waals surface area contributed by atoms with E-state index in [0.717, 1.165) is 6.08 Å². The molecule has 1 unspecified atom stereocenters. The minimum absolute atomic E-state index is 0. The molecule has 0 aromatic rings. The summed E-state index contributed by atoms with van der Waals surface area (Å²) in [6.07, 6.45) is -0.554. The SMILES string of the molecule is C=CC(=O)C(O)CCOP(=O)(O)O.[H-].[K+]. The molecule has 8 heteroatoms. The van der Waals surface area contributed by atoms with Crippen molar-refractivity contribution < 1.29 is 81.6 Å². The maximum Gasteiger partial charge on any atom is 1.00 e. The smallest absolute Gasteiger partial charge is 1.00 e. The summed E-state index contributed by atoms with van der Waals surface area (Å²) in [6, 6.07) is 0. The van der Waals surface area contributed by atoms with E-state index in [9.17, 15) is 9.36 Å². The van der Waals surface area contributed by atoms with Gasteiger partial charge in [0.05, 0.1) is 6.61 Å². The Labute approximate surface area is 125 Å². The molecule has 0 amide bonds. The van der Waals surface area contributed by atoms with E-state index < -0.39 is 19.7 Å². The molecule has 0 rings (SSSR count). The Hall–Kier alpha value is 1.12. The molecule has 0 radical (unpaired) electrons. The molecule has 0 spiro atoms. The third-order valence-corrected chi connectivity index (χ3v) is 1.70. The molecule has 0 fully saturated rings. The summed E-state index contributed by atoms with van der Waals surface area (Å²) in [5.74, 6) is -0.602. The fraction of sp³-hybridized carbons (Fsp3) is 0.500. The van der Waals surface area contributed by atoms with Crippen molar-refractivity contribution in [3.8, 4) is 0 Å². The van der Waals surface area contributed by atoms with Crippen molar-refractivity contribution in [2.24, 2.45) is 0 Å². The second kappa shape index (κ2) is 8.29. The summed E-state index contributed by atoms with van der Waals surface area (Å²) in [5.41, 5.74) is 0. The molecule has 0 saturated heterocycles. The molecule has 0 aliphatic carbocycles. The average molecular weight is 250 g/mol. The van der Waals surface area contributed by atoms with E-state index in [-0.39, 0.29) is 65.8 Å². The molecule has 0 aromatic carbocycles. The van der Waals surface area contributed by atoms with Gasteiger partial charge in [0.2, 0.25) is 0 Å². The van der Waals surface area contributed by atoms with Gasteiger partial charge in [-0.05, 0) is 6.08 Å². The fourth-order valence-electron chi connectivity index (χ4n) is 0.562. The molecule has 0 bridgehead atoms. The van der Waals surface area contributed by atoms with Crippen LogP contribution in [0.15, 0.2) is 12.7 Å². The molecular weight excluding hydrogens is 238 g/mol. The molecule has 0 heterocycles. The van der Waals surface area contributed by atoms with Crippen molar-refractivity contribution in [3.63, 3.8) is 0 Å². The Bertz CT molecular complexity index is 242. The molecule has 3 N–H and O–H groups in total. The Kier molecular flexibility index (Phi) is 10.4. The summed E-state index contributed by atoms with van der Waals surface area (Å²) in [7, 11) is -4.51. The Balaban J connectivity index is -0.000000720. The third kappa shape index (κ3) is 9.66. The molecule has 0 aliphatic heterocycles. The van der Waals surface area contributed by atoms with E-state index in [1.165, 1.54) is 0 Å². The van der Waals surface area contributed by atoms with Crippen LogP contribution >= 0.6 is 7.82 Å². The number of hydrogen-bond acceptors (Lipinski definition) is 4. The van der Waals surface area contributed by atoms with Gasteiger partial charge in [-0.2, -0.15) is 0 Å². The van der Waals surface area contributed by atoms with Gasteiger partial charge < -0.3 is 16.3 Å². The van der Waals surface area contributed by atoms with E-state index in [1.807, 2.05) is 0 Å². The number of hydrogen-bond donors (Lipinski definition) is 3. The molecular formula is C6H12KO6P. The summed E-state index contributed by atoms with van der Waals surface area (Å²) in [6.45, 7) is 2.75. The van der Waals surface area contributed by atoms with E-state index >= 15 is 0 Å². The van der Waals surface area contributed by atoms with E-state index in [2.05, 4.69) is 11.1 Å². The van der Waals surface area contributed by atoms with Crippen molar-refractivity contribution >= 4 is 13.6 Å². The van der Waals surface area contributed by atoms with Gasteiger partial charge >= 0.3 is 59.2 Å². The first-order chi connectivity index (χ1) is 5.87. The van der Waals surface area contributed by atoms with Crippen LogP contribution in [0.25, 0.3) is 0 Å². The van der Waals surface area contributed by atoms with E-state index in [0.29, 0.717) is 0 Å². The predicted molar refractivity (Wildman–Crippen MR) is 44.9 cm³/mol. The van der Waals surface area contributed by atoms with Crippen LogP contribution in [-0.2, 0) is 13.9 Å². The van der Waals surface area contributed by atoms with E-state index in [4.69, 9.17) is 14.9 Å². The minimum atomic E-state index is -4.51. The van der Waals surface area contributed by atoms with Gasteiger partial charge in [0, 0.05) is 6.42 Å². The normalized spacial score (nSPS) is 12.8. The van der Waals surface area contributed by atoms with Gasteiger partial charge in [0.25, 0.3) is 0 Å². The minimum Gasteiger partial charge on any atom is -1.00 e. The molecule has 1 atom stereocenters. The first kappa shape index (κ1) is 17.5. The van der Waals surface area contributed by atoms with Crippen molar-refractivity contribution in [1.82, 2.24) is 0 Å². The summed E-state index contributed by atoms with van der Waals surface area (Å²) >= 11 is 0. The Morgan fingerprint density at radius 1 is 1.64 bits per heavy atom. The van der Waals surface area contributed by atoms with Crippen LogP contribution in [0.1, 0.15) is 7.85 Å². The molecule has 14 heavy (non-hydrogen) atoms. The zero-order valence-electron chi connectivity index (χ0n) is 8.79. The topological polar surface area (TPSA) is 104 Å². The summed E-state index contributed by atoms with van der Waals surface area (Å²) < 4.78 is 14.2. The Morgan fingerprint density at radius 3 is 2.50 bits per heavy atom. The van der Waals surface area contributed by atoms with Gasteiger partial charge in [-0.3, -0.25) is 9.32 Å². The van der Waals surface area contributed by atoms with Gasteiger partial charge in [0.1, 0.15) is 6.10 Å². The van der Waals surface area contributed by atoms with Crippen LogP contribution in [0.5, 0.6) is 0 Å².